The fourth-order valence-electron chi connectivity index (χ4n) is 1.65. The lowest BCUT2D eigenvalue weighted by Crippen LogP contribution is -2.38. The number of methoxy groups -OCH3 is 1. The number of carbonyl (C=O) groups is 1. The largest absolute Gasteiger partial charge is 0.494 e. The highest BCUT2D eigenvalue weighted by Gasteiger charge is 2.31. The standard InChI is InChI=1S/C12H13F4N3O4/c1-18(6-12(14,15)16)11(20)5-17-8-4-10(23-2)7(13)3-9(8)19(21)22/h3-4,17H,5-6H2,1-2H3. The first-order valence-electron chi connectivity index (χ1n) is 6.11. The Labute approximate surface area is 128 Å². The van der Waals surface area contributed by atoms with Gasteiger partial charge in [-0.2, -0.15) is 13.2 Å². The summed E-state index contributed by atoms with van der Waals surface area (Å²) in [5.41, 5.74) is -0.920. The van der Waals surface area contributed by atoms with E-state index in [9.17, 15) is 32.5 Å². The number of halogens is 4. The third kappa shape index (κ3) is 5.27. The van der Waals surface area contributed by atoms with Gasteiger partial charge in [-0.1, -0.05) is 0 Å². The summed E-state index contributed by atoms with van der Waals surface area (Å²) in [4.78, 5) is 22.0. The van der Waals surface area contributed by atoms with Crippen LogP contribution in [0.4, 0.5) is 28.9 Å². The second-order valence-electron chi connectivity index (χ2n) is 4.48. The van der Waals surface area contributed by atoms with E-state index < -0.39 is 41.6 Å². The van der Waals surface area contributed by atoms with E-state index in [2.05, 4.69) is 10.1 Å². The second kappa shape index (κ2) is 7.11. The third-order valence-corrected chi connectivity index (χ3v) is 2.74. The Hall–Kier alpha value is -2.59. The van der Waals surface area contributed by atoms with Gasteiger partial charge < -0.3 is 15.0 Å². The quantitative estimate of drug-likeness (QED) is 0.488. The molecular formula is C12H13F4N3O4. The molecule has 0 unspecified atom stereocenters. The zero-order valence-electron chi connectivity index (χ0n) is 12.1. The van der Waals surface area contributed by atoms with Crippen molar-refractivity contribution in [1.29, 1.82) is 0 Å². The number of hydrogen-bond donors (Lipinski definition) is 1. The average Bonchev–Trinajstić information content (AvgIpc) is 2.43. The lowest BCUT2D eigenvalue weighted by atomic mass is 10.2. The lowest BCUT2D eigenvalue weighted by Gasteiger charge is -2.19. The molecule has 1 amide bonds. The Morgan fingerprint density at radius 1 is 1.43 bits per heavy atom. The van der Waals surface area contributed by atoms with Gasteiger partial charge in [-0.25, -0.2) is 4.39 Å². The van der Waals surface area contributed by atoms with Crippen molar-refractivity contribution in [3.05, 3.63) is 28.1 Å². The number of hydrogen-bond acceptors (Lipinski definition) is 5. The summed E-state index contributed by atoms with van der Waals surface area (Å²) in [6.07, 6.45) is -4.56. The van der Waals surface area contributed by atoms with Gasteiger partial charge in [0.1, 0.15) is 12.2 Å². The van der Waals surface area contributed by atoms with Gasteiger partial charge in [-0.15, -0.1) is 0 Å². The summed E-state index contributed by atoms with van der Waals surface area (Å²) in [5, 5.41) is 13.2. The summed E-state index contributed by atoms with van der Waals surface area (Å²) in [6.45, 7) is -2.09. The molecular weight excluding hydrogens is 326 g/mol. The Morgan fingerprint density at radius 3 is 2.52 bits per heavy atom. The van der Waals surface area contributed by atoms with Crippen LogP contribution in [0.3, 0.4) is 0 Å². The molecule has 0 saturated carbocycles. The Kier molecular flexibility index (Phi) is 5.71. The summed E-state index contributed by atoms with van der Waals surface area (Å²) < 4.78 is 54.6. The molecule has 0 aliphatic rings. The number of nitro benzene ring substituents is 1. The van der Waals surface area contributed by atoms with Gasteiger partial charge in [0.15, 0.2) is 11.6 Å². The SMILES string of the molecule is COc1cc(NCC(=O)N(C)CC(F)(F)F)c([N+](=O)[O-])cc1F. The van der Waals surface area contributed by atoms with Crippen molar-refractivity contribution in [2.24, 2.45) is 0 Å². The van der Waals surface area contributed by atoms with Crippen molar-refractivity contribution in [1.82, 2.24) is 4.90 Å². The summed E-state index contributed by atoms with van der Waals surface area (Å²) in [6, 6.07) is 1.54. The predicted octanol–water partition coefficient (Wildman–Crippen LogP) is 2.18. The molecule has 0 radical (unpaired) electrons. The number of amides is 1. The maximum atomic E-state index is 13.4. The highest BCUT2D eigenvalue weighted by Crippen LogP contribution is 2.31. The molecule has 7 nitrogen and oxygen atoms in total. The normalized spacial score (nSPS) is 11.0. The Morgan fingerprint density at radius 2 is 2.04 bits per heavy atom. The minimum absolute atomic E-state index is 0.248. The fraction of sp³-hybridized carbons (Fsp3) is 0.417. The van der Waals surface area contributed by atoms with E-state index in [0.29, 0.717) is 11.0 Å². The van der Waals surface area contributed by atoms with Crippen molar-refractivity contribution in [2.45, 2.75) is 6.18 Å². The highest BCUT2D eigenvalue weighted by atomic mass is 19.4. The van der Waals surface area contributed by atoms with Crippen LogP contribution in [0.15, 0.2) is 12.1 Å². The molecule has 0 saturated heterocycles. The molecule has 23 heavy (non-hydrogen) atoms. The number of ether oxygens (including phenoxy) is 1. The van der Waals surface area contributed by atoms with Crippen molar-refractivity contribution in [2.75, 3.05) is 32.6 Å². The van der Waals surface area contributed by atoms with E-state index in [-0.39, 0.29) is 11.4 Å². The van der Waals surface area contributed by atoms with Crippen LogP contribution in [0.2, 0.25) is 0 Å². The molecule has 1 N–H and O–H groups in total. The maximum Gasteiger partial charge on any atom is 0.406 e. The van der Waals surface area contributed by atoms with E-state index in [1.54, 1.807) is 0 Å². The number of alkyl halides is 3. The minimum atomic E-state index is -4.56. The van der Waals surface area contributed by atoms with Crippen LogP contribution >= 0.6 is 0 Å². The topological polar surface area (TPSA) is 84.7 Å². The zero-order chi connectivity index (χ0) is 17.8. The van der Waals surface area contributed by atoms with Crippen LogP contribution in [0, 0.1) is 15.9 Å². The molecule has 0 fully saturated rings. The van der Waals surface area contributed by atoms with Gasteiger partial charge in [-0.3, -0.25) is 14.9 Å². The molecule has 0 heterocycles. The molecule has 0 aromatic heterocycles. The summed E-state index contributed by atoms with van der Waals surface area (Å²) in [7, 11) is 2.08. The van der Waals surface area contributed by atoms with Gasteiger partial charge in [-0.05, 0) is 0 Å². The van der Waals surface area contributed by atoms with E-state index in [4.69, 9.17) is 0 Å². The van der Waals surface area contributed by atoms with Gasteiger partial charge in [0.2, 0.25) is 5.91 Å². The number of nitrogens with zero attached hydrogens (tertiary/aromatic N) is 2. The van der Waals surface area contributed by atoms with Crippen molar-refractivity contribution >= 4 is 17.3 Å². The predicted molar refractivity (Wildman–Crippen MR) is 71.8 cm³/mol. The Balaban J connectivity index is 2.88. The van der Waals surface area contributed by atoms with Gasteiger partial charge in [0.05, 0.1) is 24.6 Å². The number of nitrogens with one attached hydrogen (secondary N) is 1. The maximum absolute atomic E-state index is 13.4. The van der Waals surface area contributed by atoms with Crippen LogP contribution in [-0.4, -0.2) is 49.2 Å². The van der Waals surface area contributed by atoms with Crippen molar-refractivity contribution in [3.63, 3.8) is 0 Å². The van der Waals surface area contributed by atoms with E-state index >= 15 is 0 Å². The van der Waals surface area contributed by atoms with E-state index in [1.807, 2.05) is 0 Å². The number of anilines is 1. The average molecular weight is 339 g/mol. The van der Waals surface area contributed by atoms with Crippen LogP contribution in [-0.2, 0) is 4.79 Å². The first-order chi connectivity index (χ1) is 10.5. The Bertz CT molecular complexity index is 607. The minimum Gasteiger partial charge on any atom is -0.494 e. The monoisotopic (exact) mass is 339 g/mol. The highest BCUT2D eigenvalue weighted by molar-refractivity contribution is 5.82. The molecule has 1 aromatic carbocycles. The van der Waals surface area contributed by atoms with Crippen molar-refractivity contribution in [3.8, 4) is 5.75 Å². The van der Waals surface area contributed by atoms with Gasteiger partial charge >= 0.3 is 6.18 Å². The first-order valence-corrected chi connectivity index (χ1v) is 6.11. The molecule has 0 aliphatic carbocycles. The number of nitro groups is 1. The second-order valence-corrected chi connectivity index (χ2v) is 4.48. The molecule has 128 valence electrons. The van der Waals surface area contributed by atoms with E-state index in [1.165, 1.54) is 0 Å². The number of carbonyl (C=O) groups excluding carboxylic acids is 1. The molecule has 0 spiro atoms. The van der Waals surface area contributed by atoms with Crippen molar-refractivity contribution < 1.29 is 32.0 Å². The lowest BCUT2D eigenvalue weighted by molar-refractivity contribution is -0.384. The molecule has 0 aliphatic heterocycles. The van der Waals surface area contributed by atoms with Crippen LogP contribution in [0.25, 0.3) is 0 Å². The smallest absolute Gasteiger partial charge is 0.406 e. The van der Waals surface area contributed by atoms with E-state index in [0.717, 1.165) is 20.2 Å². The summed E-state index contributed by atoms with van der Waals surface area (Å²) >= 11 is 0. The molecule has 1 rings (SSSR count). The third-order valence-electron chi connectivity index (χ3n) is 2.74. The van der Waals surface area contributed by atoms with Gasteiger partial charge in [0, 0.05) is 13.1 Å². The molecule has 0 atom stereocenters. The van der Waals surface area contributed by atoms with Crippen LogP contribution < -0.4 is 10.1 Å². The molecule has 1 aromatic rings. The fourth-order valence-corrected chi connectivity index (χ4v) is 1.65. The first kappa shape index (κ1) is 18.5. The summed E-state index contributed by atoms with van der Waals surface area (Å²) in [5.74, 6) is -2.24. The zero-order valence-corrected chi connectivity index (χ0v) is 12.1. The molecule has 0 bridgehead atoms. The van der Waals surface area contributed by atoms with Crippen LogP contribution in [0.5, 0.6) is 5.75 Å². The number of likely N-dealkylation sites (N-methyl/N-ethyl adjacent to an activating group) is 1. The number of rotatable bonds is 6. The van der Waals surface area contributed by atoms with Gasteiger partial charge in [0.25, 0.3) is 5.69 Å². The molecule has 11 heteroatoms. The van der Waals surface area contributed by atoms with Crippen LogP contribution in [0.1, 0.15) is 0 Å². The number of benzene rings is 1.